The second-order valence-electron chi connectivity index (χ2n) is 5.15. The third-order valence-electron chi connectivity index (χ3n) is 3.19. The molecule has 8 heteroatoms. The maximum atomic E-state index is 12.1. The molecule has 6 nitrogen and oxygen atoms in total. The molecule has 1 aromatic carbocycles. The summed E-state index contributed by atoms with van der Waals surface area (Å²) in [4.78, 5) is 24.8. The van der Waals surface area contributed by atoms with E-state index < -0.39 is 28.3 Å². The van der Waals surface area contributed by atoms with Crippen molar-refractivity contribution in [2.24, 2.45) is 0 Å². The van der Waals surface area contributed by atoms with Gasteiger partial charge in [0, 0.05) is 11.1 Å². The van der Waals surface area contributed by atoms with Gasteiger partial charge in [-0.1, -0.05) is 18.2 Å². The van der Waals surface area contributed by atoms with Gasteiger partial charge in [0.05, 0.1) is 16.5 Å². The van der Waals surface area contributed by atoms with Crippen LogP contribution in [-0.4, -0.2) is 33.2 Å². The molecule has 1 aromatic heterocycles. The molecule has 0 aliphatic heterocycles. The number of esters is 1. The number of carbonyl (C=O) groups is 2. The van der Waals surface area contributed by atoms with E-state index in [1.54, 1.807) is 0 Å². The van der Waals surface area contributed by atoms with E-state index in [9.17, 15) is 18.0 Å². The smallest absolute Gasteiger partial charge is 0.339 e. The van der Waals surface area contributed by atoms with Gasteiger partial charge in [-0.25, -0.2) is 13.2 Å². The fourth-order valence-electron chi connectivity index (χ4n) is 2.06. The van der Waals surface area contributed by atoms with Gasteiger partial charge in [0.1, 0.15) is 0 Å². The fourth-order valence-corrected chi connectivity index (χ4v) is 3.67. The van der Waals surface area contributed by atoms with Gasteiger partial charge in [-0.05, 0) is 30.5 Å². The zero-order valence-electron chi connectivity index (χ0n) is 13.2. The molecule has 0 fully saturated rings. The molecule has 0 bridgehead atoms. The number of hydrogen-bond donors (Lipinski definition) is 1. The maximum Gasteiger partial charge on any atom is 0.339 e. The Bertz CT molecular complexity index is 828. The first kappa shape index (κ1) is 18.2. The van der Waals surface area contributed by atoms with Gasteiger partial charge in [-0.3, -0.25) is 4.79 Å². The van der Waals surface area contributed by atoms with E-state index in [1.165, 1.54) is 35.6 Å². The average Bonchev–Trinajstić information content (AvgIpc) is 3.06. The Kier molecular flexibility index (Phi) is 5.74. The van der Waals surface area contributed by atoms with E-state index in [4.69, 9.17) is 4.74 Å². The number of ether oxygens (including phenoxy) is 1. The molecule has 0 aliphatic rings. The third kappa shape index (κ3) is 4.65. The van der Waals surface area contributed by atoms with Crippen molar-refractivity contribution in [2.75, 3.05) is 12.9 Å². The Morgan fingerprint density at radius 3 is 2.54 bits per heavy atom. The van der Waals surface area contributed by atoms with Gasteiger partial charge in [0.15, 0.2) is 16.4 Å². The van der Waals surface area contributed by atoms with Crippen molar-refractivity contribution in [1.82, 2.24) is 5.32 Å². The van der Waals surface area contributed by atoms with Crippen molar-refractivity contribution in [3.8, 4) is 0 Å². The van der Waals surface area contributed by atoms with Crippen molar-refractivity contribution in [1.29, 1.82) is 0 Å². The molecule has 0 aliphatic carbocycles. The highest BCUT2D eigenvalue weighted by Gasteiger charge is 2.20. The lowest BCUT2D eigenvalue weighted by Gasteiger charge is -2.13. The average molecular weight is 367 g/mol. The molecule has 1 N–H and O–H groups in total. The molecule has 0 spiro atoms. The molecule has 1 atom stereocenters. The van der Waals surface area contributed by atoms with E-state index >= 15 is 0 Å². The minimum absolute atomic E-state index is 0.0842. The summed E-state index contributed by atoms with van der Waals surface area (Å²) < 4.78 is 28.3. The molecule has 2 rings (SSSR count). The number of nitrogens with one attached hydrogen (secondary N) is 1. The van der Waals surface area contributed by atoms with Crippen molar-refractivity contribution >= 4 is 33.1 Å². The normalized spacial score (nSPS) is 12.4. The van der Waals surface area contributed by atoms with Crippen LogP contribution in [0.5, 0.6) is 0 Å². The van der Waals surface area contributed by atoms with Crippen LogP contribution in [0, 0.1) is 0 Å². The van der Waals surface area contributed by atoms with Crippen molar-refractivity contribution in [3.05, 3.63) is 52.2 Å². The summed E-state index contributed by atoms with van der Waals surface area (Å²) in [7, 11) is -3.57. The highest BCUT2D eigenvalue weighted by molar-refractivity contribution is 7.90. The largest absolute Gasteiger partial charge is 0.452 e. The van der Waals surface area contributed by atoms with Gasteiger partial charge in [-0.15, -0.1) is 11.3 Å². The predicted octanol–water partition coefficient (Wildman–Crippen LogP) is 2.19. The zero-order valence-corrected chi connectivity index (χ0v) is 14.8. The van der Waals surface area contributed by atoms with Gasteiger partial charge >= 0.3 is 5.97 Å². The number of hydrogen-bond acceptors (Lipinski definition) is 6. The molecule has 0 radical (unpaired) electrons. The van der Waals surface area contributed by atoms with Crippen LogP contribution in [-0.2, 0) is 19.4 Å². The number of amides is 1. The Labute approximate surface area is 144 Å². The van der Waals surface area contributed by atoms with E-state index in [0.717, 1.165) is 11.1 Å². The molecule has 24 heavy (non-hydrogen) atoms. The van der Waals surface area contributed by atoms with Gasteiger partial charge in [0.2, 0.25) is 0 Å². The molecule has 0 saturated carbocycles. The summed E-state index contributed by atoms with van der Waals surface area (Å²) in [6.07, 6.45) is 1.01. The lowest BCUT2D eigenvalue weighted by molar-refractivity contribution is -0.124. The Morgan fingerprint density at radius 1 is 1.21 bits per heavy atom. The summed E-state index contributed by atoms with van der Waals surface area (Å²) in [6.45, 7) is 1.34. The second-order valence-corrected chi connectivity index (χ2v) is 8.11. The lowest BCUT2D eigenvalue weighted by atomic mass is 10.2. The van der Waals surface area contributed by atoms with Crippen LogP contribution in [0.25, 0.3) is 0 Å². The molecule has 1 heterocycles. The predicted molar refractivity (Wildman–Crippen MR) is 90.7 cm³/mol. The van der Waals surface area contributed by atoms with Gasteiger partial charge in [0.25, 0.3) is 5.91 Å². The molecule has 128 valence electrons. The Hall–Kier alpha value is -2.19. The van der Waals surface area contributed by atoms with Crippen LogP contribution in [0.4, 0.5) is 0 Å². The zero-order chi connectivity index (χ0) is 17.7. The summed E-state index contributed by atoms with van der Waals surface area (Å²) in [5.74, 6) is -1.31. The van der Waals surface area contributed by atoms with Crippen molar-refractivity contribution in [3.63, 3.8) is 0 Å². The van der Waals surface area contributed by atoms with Gasteiger partial charge < -0.3 is 10.1 Å². The molecule has 2 aromatic rings. The second kappa shape index (κ2) is 7.59. The summed E-state index contributed by atoms with van der Waals surface area (Å²) in [5, 5.41) is 4.61. The minimum atomic E-state index is -3.57. The minimum Gasteiger partial charge on any atom is -0.452 e. The summed E-state index contributed by atoms with van der Waals surface area (Å²) in [5.41, 5.74) is -0.0842. The lowest BCUT2D eigenvalue weighted by Crippen LogP contribution is -2.31. The topological polar surface area (TPSA) is 89.5 Å². The van der Waals surface area contributed by atoms with E-state index in [1.807, 2.05) is 24.4 Å². The van der Waals surface area contributed by atoms with Crippen LogP contribution < -0.4 is 5.32 Å². The first-order valence-electron chi connectivity index (χ1n) is 7.08. The van der Waals surface area contributed by atoms with Crippen LogP contribution in [0.3, 0.4) is 0 Å². The van der Waals surface area contributed by atoms with Crippen molar-refractivity contribution < 1.29 is 22.7 Å². The Morgan fingerprint density at radius 2 is 1.92 bits per heavy atom. The summed E-state index contributed by atoms with van der Waals surface area (Å²) >= 11 is 1.51. The van der Waals surface area contributed by atoms with Gasteiger partial charge in [-0.2, -0.15) is 0 Å². The Balaban J connectivity index is 1.98. The number of benzene rings is 1. The highest BCUT2D eigenvalue weighted by Crippen LogP contribution is 2.18. The molecule has 0 saturated heterocycles. The summed E-state index contributed by atoms with van der Waals surface area (Å²) in [6, 6.07) is 9.30. The van der Waals surface area contributed by atoms with Crippen LogP contribution >= 0.6 is 11.3 Å². The molecular weight excluding hydrogens is 350 g/mol. The fraction of sp³-hybridized carbons (Fsp3) is 0.250. The standard InChI is InChI=1S/C16H17NO5S2/c1-11(13-7-5-9-23-13)17-15(18)10-22-16(19)12-6-3-4-8-14(12)24(2,20)21/h3-9,11H,10H2,1-2H3,(H,17,18). The first-order chi connectivity index (χ1) is 11.3. The van der Waals surface area contributed by atoms with Crippen LogP contribution in [0.15, 0.2) is 46.7 Å². The molecule has 1 amide bonds. The number of thiophene rings is 1. The van der Waals surface area contributed by atoms with Crippen molar-refractivity contribution in [2.45, 2.75) is 17.9 Å². The monoisotopic (exact) mass is 367 g/mol. The highest BCUT2D eigenvalue weighted by atomic mass is 32.2. The molecule has 1 unspecified atom stereocenters. The molecular formula is C16H17NO5S2. The SMILES string of the molecule is CC(NC(=O)COC(=O)c1ccccc1S(C)(=O)=O)c1cccs1. The quantitative estimate of drug-likeness (QED) is 0.791. The third-order valence-corrected chi connectivity index (χ3v) is 5.40. The van der Waals surface area contributed by atoms with Crippen LogP contribution in [0.1, 0.15) is 28.2 Å². The van der Waals surface area contributed by atoms with E-state index in [0.29, 0.717) is 0 Å². The first-order valence-corrected chi connectivity index (χ1v) is 9.85. The number of sulfone groups is 1. The van der Waals surface area contributed by atoms with E-state index in [-0.39, 0.29) is 16.5 Å². The van der Waals surface area contributed by atoms with E-state index in [2.05, 4.69) is 5.32 Å². The van der Waals surface area contributed by atoms with Crippen LogP contribution in [0.2, 0.25) is 0 Å². The number of rotatable bonds is 6. The number of carbonyl (C=O) groups excluding carboxylic acids is 2. The maximum absolute atomic E-state index is 12.1.